The third-order valence-corrected chi connectivity index (χ3v) is 5.10. The molecule has 1 aliphatic rings. The molecule has 3 aromatic rings. The molecular formula is C24H25N3O3. The number of aryl methyl sites for hydroxylation is 1. The number of hydrogen-bond donors (Lipinski definition) is 0. The van der Waals surface area contributed by atoms with Gasteiger partial charge in [0.1, 0.15) is 17.2 Å². The lowest BCUT2D eigenvalue weighted by Crippen LogP contribution is -2.50. The van der Waals surface area contributed by atoms with Gasteiger partial charge in [0.2, 0.25) is 0 Å². The number of carbonyl (C=O) groups excluding carboxylic acids is 1. The van der Waals surface area contributed by atoms with Crippen molar-refractivity contribution in [1.29, 1.82) is 0 Å². The molecule has 1 aliphatic heterocycles. The fraction of sp³-hybridized carbons (Fsp3) is 0.250. The standard InChI is InChI=1S/C24H25N3O3/c1-19-2-4-22(5-3-19)30-23-8-6-21(7-9-23)29-18-24(28)27-16-14-26(15-17-27)20-10-12-25-13-11-20/h2-13H,14-18H2,1H3. The summed E-state index contributed by atoms with van der Waals surface area (Å²) < 4.78 is 11.5. The predicted octanol–water partition coefficient (Wildman–Crippen LogP) is 3.91. The molecule has 1 aromatic heterocycles. The van der Waals surface area contributed by atoms with E-state index in [9.17, 15) is 4.79 Å². The van der Waals surface area contributed by atoms with Gasteiger partial charge in [0.15, 0.2) is 6.61 Å². The first-order chi connectivity index (χ1) is 14.7. The lowest BCUT2D eigenvalue weighted by molar-refractivity contribution is -0.133. The van der Waals surface area contributed by atoms with Crippen molar-refractivity contribution < 1.29 is 14.3 Å². The Morgan fingerprint density at radius 1 is 0.833 bits per heavy atom. The molecule has 2 aromatic carbocycles. The number of anilines is 1. The van der Waals surface area contributed by atoms with Gasteiger partial charge in [-0.15, -0.1) is 0 Å². The number of benzene rings is 2. The average molecular weight is 403 g/mol. The summed E-state index contributed by atoms with van der Waals surface area (Å²) in [6.07, 6.45) is 3.58. The van der Waals surface area contributed by atoms with Gasteiger partial charge in [-0.25, -0.2) is 0 Å². The van der Waals surface area contributed by atoms with Crippen LogP contribution in [0.4, 0.5) is 5.69 Å². The third-order valence-electron chi connectivity index (χ3n) is 5.10. The second kappa shape index (κ2) is 9.31. The van der Waals surface area contributed by atoms with Crippen LogP contribution in [-0.4, -0.2) is 48.6 Å². The number of hydrogen-bond acceptors (Lipinski definition) is 5. The van der Waals surface area contributed by atoms with E-state index >= 15 is 0 Å². The minimum Gasteiger partial charge on any atom is -0.484 e. The number of rotatable bonds is 6. The summed E-state index contributed by atoms with van der Waals surface area (Å²) >= 11 is 0. The molecule has 4 rings (SSSR count). The van der Waals surface area contributed by atoms with Crippen molar-refractivity contribution in [3.05, 3.63) is 78.6 Å². The average Bonchev–Trinajstić information content (AvgIpc) is 2.80. The maximum Gasteiger partial charge on any atom is 0.260 e. The van der Waals surface area contributed by atoms with Crippen molar-refractivity contribution in [3.8, 4) is 17.2 Å². The number of carbonyl (C=O) groups is 1. The van der Waals surface area contributed by atoms with Crippen LogP contribution in [0.15, 0.2) is 73.1 Å². The van der Waals surface area contributed by atoms with E-state index in [1.54, 1.807) is 12.4 Å². The summed E-state index contributed by atoms with van der Waals surface area (Å²) in [6.45, 7) is 5.06. The SMILES string of the molecule is Cc1ccc(Oc2ccc(OCC(=O)N3CCN(c4ccncc4)CC3)cc2)cc1. The topological polar surface area (TPSA) is 54.9 Å². The Balaban J connectivity index is 1.23. The van der Waals surface area contributed by atoms with Crippen LogP contribution in [0.2, 0.25) is 0 Å². The molecule has 30 heavy (non-hydrogen) atoms. The van der Waals surface area contributed by atoms with Crippen molar-refractivity contribution in [2.45, 2.75) is 6.92 Å². The molecule has 0 aliphatic carbocycles. The van der Waals surface area contributed by atoms with E-state index < -0.39 is 0 Å². The number of aromatic nitrogens is 1. The summed E-state index contributed by atoms with van der Waals surface area (Å²) in [6, 6.07) is 19.2. The molecule has 0 radical (unpaired) electrons. The molecule has 0 spiro atoms. The van der Waals surface area contributed by atoms with Gasteiger partial charge in [-0.3, -0.25) is 9.78 Å². The number of piperazine rings is 1. The monoisotopic (exact) mass is 403 g/mol. The molecule has 0 unspecified atom stereocenters. The fourth-order valence-corrected chi connectivity index (χ4v) is 3.35. The van der Waals surface area contributed by atoms with Crippen LogP contribution in [0.3, 0.4) is 0 Å². The van der Waals surface area contributed by atoms with E-state index in [1.165, 1.54) is 5.56 Å². The highest BCUT2D eigenvalue weighted by molar-refractivity contribution is 5.78. The van der Waals surface area contributed by atoms with E-state index in [2.05, 4.69) is 9.88 Å². The largest absolute Gasteiger partial charge is 0.484 e. The molecule has 1 amide bonds. The van der Waals surface area contributed by atoms with Gasteiger partial charge in [-0.2, -0.15) is 0 Å². The Hall–Kier alpha value is -3.54. The molecule has 1 fully saturated rings. The van der Waals surface area contributed by atoms with Gasteiger partial charge >= 0.3 is 0 Å². The molecule has 1 saturated heterocycles. The van der Waals surface area contributed by atoms with Crippen LogP contribution < -0.4 is 14.4 Å². The van der Waals surface area contributed by atoms with Crippen molar-refractivity contribution in [2.24, 2.45) is 0 Å². The minimum atomic E-state index is 0.00404. The third kappa shape index (κ3) is 5.08. The normalized spacial score (nSPS) is 13.8. The van der Waals surface area contributed by atoms with Crippen molar-refractivity contribution in [2.75, 3.05) is 37.7 Å². The number of pyridine rings is 1. The van der Waals surface area contributed by atoms with E-state index in [0.29, 0.717) is 18.8 Å². The fourth-order valence-electron chi connectivity index (χ4n) is 3.35. The van der Waals surface area contributed by atoms with Crippen molar-refractivity contribution in [1.82, 2.24) is 9.88 Å². The van der Waals surface area contributed by atoms with Crippen LogP contribution in [-0.2, 0) is 4.79 Å². The summed E-state index contributed by atoms with van der Waals surface area (Å²) in [5.74, 6) is 2.17. The molecule has 2 heterocycles. The maximum absolute atomic E-state index is 12.5. The molecule has 0 saturated carbocycles. The Kier molecular flexibility index (Phi) is 6.13. The smallest absolute Gasteiger partial charge is 0.260 e. The van der Waals surface area contributed by atoms with Crippen LogP contribution >= 0.6 is 0 Å². The summed E-state index contributed by atoms with van der Waals surface area (Å²) in [7, 11) is 0. The lowest BCUT2D eigenvalue weighted by Gasteiger charge is -2.36. The Labute approximate surface area is 176 Å². The van der Waals surface area contributed by atoms with Crippen LogP contribution in [0.25, 0.3) is 0 Å². The molecule has 6 nitrogen and oxygen atoms in total. The van der Waals surface area contributed by atoms with E-state index in [1.807, 2.05) is 72.5 Å². The van der Waals surface area contributed by atoms with Gasteiger partial charge in [0.25, 0.3) is 5.91 Å². The quantitative estimate of drug-likeness (QED) is 0.625. The van der Waals surface area contributed by atoms with Gasteiger partial charge in [-0.05, 0) is 55.5 Å². The molecule has 0 bridgehead atoms. The van der Waals surface area contributed by atoms with Crippen molar-refractivity contribution >= 4 is 11.6 Å². The van der Waals surface area contributed by atoms with Gasteiger partial charge in [-0.1, -0.05) is 17.7 Å². The predicted molar refractivity (Wildman–Crippen MR) is 116 cm³/mol. The van der Waals surface area contributed by atoms with Gasteiger partial charge in [0, 0.05) is 44.3 Å². The zero-order chi connectivity index (χ0) is 20.8. The van der Waals surface area contributed by atoms with Crippen LogP contribution in [0.5, 0.6) is 17.2 Å². The molecule has 154 valence electrons. The second-order valence-electron chi connectivity index (χ2n) is 7.25. The lowest BCUT2D eigenvalue weighted by atomic mass is 10.2. The first-order valence-corrected chi connectivity index (χ1v) is 10.1. The molecule has 6 heteroatoms. The molecular weight excluding hydrogens is 378 g/mol. The summed E-state index contributed by atoms with van der Waals surface area (Å²) in [4.78, 5) is 20.7. The zero-order valence-electron chi connectivity index (χ0n) is 17.0. The Morgan fingerprint density at radius 3 is 2.03 bits per heavy atom. The molecule has 0 N–H and O–H groups in total. The van der Waals surface area contributed by atoms with E-state index in [0.717, 1.165) is 30.3 Å². The number of ether oxygens (including phenoxy) is 2. The second-order valence-corrected chi connectivity index (χ2v) is 7.25. The summed E-state index contributed by atoms with van der Waals surface area (Å²) in [5, 5.41) is 0. The Bertz CT molecular complexity index is 951. The molecule has 0 atom stereocenters. The first-order valence-electron chi connectivity index (χ1n) is 10.1. The zero-order valence-corrected chi connectivity index (χ0v) is 17.0. The highest BCUT2D eigenvalue weighted by Gasteiger charge is 2.21. The first kappa shape index (κ1) is 19.8. The van der Waals surface area contributed by atoms with Crippen LogP contribution in [0, 0.1) is 6.92 Å². The minimum absolute atomic E-state index is 0.00404. The van der Waals surface area contributed by atoms with Crippen LogP contribution in [0.1, 0.15) is 5.56 Å². The maximum atomic E-state index is 12.5. The van der Waals surface area contributed by atoms with Gasteiger partial charge < -0.3 is 19.3 Å². The number of nitrogens with zero attached hydrogens (tertiary/aromatic N) is 3. The Morgan fingerprint density at radius 2 is 1.40 bits per heavy atom. The number of amides is 1. The van der Waals surface area contributed by atoms with Gasteiger partial charge in [0.05, 0.1) is 0 Å². The highest BCUT2D eigenvalue weighted by atomic mass is 16.5. The van der Waals surface area contributed by atoms with Crippen molar-refractivity contribution in [3.63, 3.8) is 0 Å². The van der Waals surface area contributed by atoms with E-state index in [-0.39, 0.29) is 12.5 Å². The van der Waals surface area contributed by atoms with E-state index in [4.69, 9.17) is 9.47 Å². The highest BCUT2D eigenvalue weighted by Crippen LogP contribution is 2.24. The summed E-state index contributed by atoms with van der Waals surface area (Å²) in [5.41, 5.74) is 2.33.